The van der Waals surface area contributed by atoms with Gasteiger partial charge in [0.25, 0.3) is 0 Å². The molecule has 96 valence electrons. The van der Waals surface area contributed by atoms with Gasteiger partial charge in [0.1, 0.15) is 5.51 Å². The Labute approximate surface area is 112 Å². The standard InChI is InChI=1S/C14H19N3S/c1-14(2,3)9-12(11-7-5-4-6-8-11)16-13-17-15-10-18-13/h4-8,10,12H,9H2,1-3H3,(H,16,17). The van der Waals surface area contributed by atoms with Crippen LogP contribution in [0.2, 0.25) is 0 Å². The first-order valence-electron chi connectivity index (χ1n) is 6.12. The van der Waals surface area contributed by atoms with Gasteiger partial charge in [-0.1, -0.05) is 62.4 Å². The number of hydrogen-bond acceptors (Lipinski definition) is 4. The Hall–Kier alpha value is -1.42. The van der Waals surface area contributed by atoms with Crippen molar-refractivity contribution in [1.82, 2.24) is 10.2 Å². The van der Waals surface area contributed by atoms with E-state index in [1.165, 1.54) is 16.9 Å². The fraction of sp³-hybridized carbons (Fsp3) is 0.429. The lowest BCUT2D eigenvalue weighted by Gasteiger charge is -2.26. The van der Waals surface area contributed by atoms with E-state index in [0.29, 0.717) is 0 Å². The van der Waals surface area contributed by atoms with E-state index in [4.69, 9.17) is 0 Å². The Morgan fingerprint density at radius 2 is 1.94 bits per heavy atom. The van der Waals surface area contributed by atoms with Gasteiger partial charge in [0, 0.05) is 0 Å². The molecule has 0 radical (unpaired) electrons. The Morgan fingerprint density at radius 3 is 2.50 bits per heavy atom. The third kappa shape index (κ3) is 3.81. The lowest BCUT2D eigenvalue weighted by Crippen LogP contribution is -2.18. The quantitative estimate of drug-likeness (QED) is 0.899. The Balaban J connectivity index is 2.18. The zero-order valence-corrected chi connectivity index (χ0v) is 11.9. The Bertz CT molecular complexity index is 460. The van der Waals surface area contributed by atoms with E-state index in [1.807, 2.05) is 6.07 Å². The van der Waals surface area contributed by atoms with Gasteiger partial charge < -0.3 is 5.32 Å². The fourth-order valence-electron chi connectivity index (χ4n) is 1.93. The van der Waals surface area contributed by atoms with Gasteiger partial charge in [-0.05, 0) is 17.4 Å². The lowest BCUT2D eigenvalue weighted by atomic mass is 9.85. The van der Waals surface area contributed by atoms with Crippen LogP contribution in [0.15, 0.2) is 35.8 Å². The maximum Gasteiger partial charge on any atom is 0.205 e. The first-order chi connectivity index (χ1) is 8.54. The molecule has 2 aromatic rings. The molecule has 0 saturated carbocycles. The van der Waals surface area contributed by atoms with Gasteiger partial charge in [-0.25, -0.2) is 0 Å². The van der Waals surface area contributed by atoms with Crippen LogP contribution in [0.25, 0.3) is 0 Å². The average Bonchev–Trinajstić information content (AvgIpc) is 2.80. The molecule has 1 N–H and O–H groups in total. The maximum atomic E-state index is 4.07. The highest BCUT2D eigenvalue weighted by molar-refractivity contribution is 7.13. The molecule has 2 rings (SSSR count). The van der Waals surface area contributed by atoms with Crippen molar-refractivity contribution < 1.29 is 0 Å². The summed E-state index contributed by atoms with van der Waals surface area (Å²) in [7, 11) is 0. The summed E-state index contributed by atoms with van der Waals surface area (Å²) in [4.78, 5) is 0. The van der Waals surface area contributed by atoms with Crippen LogP contribution in [0.4, 0.5) is 5.13 Å². The van der Waals surface area contributed by atoms with Gasteiger partial charge in [-0.3, -0.25) is 0 Å². The Morgan fingerprint density at radius 1 is 1.22 bits per heavy atom. The normalized spacial score (nSPS) is 13.3. The van der Waals surface area contributed by atoms with E-state index in [9.17, 15) is 0 Å². The summed E-state index contributed by atoms with van der Waals surface area (Å²) in [5.74, 6) is 0. The third-order valence-corrected chi connectivity index (χ3v) is 3.30. The molecular formula is C14H19N3S. The van der Waals surface area contributed by atoms with E-state index in [0.717, 1.165) is 11.6 Å². The minimum absolute atomic E-state index is 0.262. The van der Waals surface area contributed by atoms with Gasteiger partial charge in [-0.2, -0.15) is 0 Å². The number of nitrogens with one attached hydrogen (secondary N) is 1. The lowest BCUT2D eigenvalue weighted by molar-refractivity contribution is 0.352. The van der Waals surface area contributed by atoms with Crippen molar-refractivity contribution in [2.75, 3.05) is 5.32 Å². The van der Waals surface area contributed by atoms with Crippen LogP contribution in [-0.2, 0) is 0 Å². The molecule has 18 heavy (non-hydrogen) atoms. The van der Waals surface area contributed by atoms with Crippen molar-refractivity contribution in [1.29, 1.82) is 0 Å². The first-order valence-corrected chi connectivity index (χ1v) is 7.00. The second-order valence-corrected chi connectivity index (χ2v) is 6.45. The second-order valence-electron chi connectivity index (χ2n) is 5.62. The van der Waals surface area contributed by atoms with Crippen molar-refractivity contribution in [2.24, 2.45) is 5.41 Å². The maximum absolute atomic E-state index is 4.07. The van der Waals surface area contributed by atoms with Gasteiger partial charge in [-0.15, -0.1) is 10.2 Å². The number of hydrogen-bond donors (Lipinski definition) is 1. The van der Waals surface area contributed by atoms with Crippen molar-refractivity contribution in [3.05, 3.63) is 41.4 Å². The molecule has 0 aliphatic carbocycles. The highest BCUT2D eigenvalue weighted by atomic mass is 32.1. The molecule has 0 aliphatic heterocycles. The molecule has 1 aromatic carbocycles. The van der Waals surface area contributed by atoms with Gasteiger partial charge >= 0.3 is 0 Å². The number of benzene rings is 1. The van der Waals surface area contributed by atoms with E-state index >= 15 is 0 Å². The molecule has 4 heteroatoms. The molecule has 1 heterocycles. The summed E-state index contributed by atoms with van der Waals surface area (Å²) < 4.78 is 0. The van der Waals surface area contributed by atoms with E-state index < -0.39 is 0 Å². The van der Waals surface area contributed by atoms with E-state index in [1.54, 1.807) is 5.51 Å². The van der Waals surface area contributed by atoms with Crippen molar-refractivity contribution in [3.8, 4) is 0 Å². The SMILES string of the molecule is CC(C)(C)CC(Nc1nncs1)c1ccccc1. The smallest absolute Gasteiger partial charge is 0.205 e. The third-order valence-electron chi connectivity index (χ3n) is 2.68. The molecule has 0 saturated heterocycles. The van der Waals surface area contributed by atoms with Crippen molar-refractivity contribution >= 4 is 16.5 Å². The predicted molar refractivity (Wildman–Crippen MR) is 76.8 cm³/mol. The average molecular weight is 261 g/mol. The monoisotopic (exact) mass is 261 g/mol. The predicted octanol–water partition coefficient (Wildman–Crippen LogP) is 4.13. The molecule has 1 atom stereocenters. The van der Waals surface area contributed by atoms with Gasteiger partial charge in [0.2, 0.25) is 5.13 Å². The van der Waals surface area contributed by atoms with Crippen LogP contribution in [0.3, 0.4) is 0 Å². The zero-order chi connectivity index (χ0) is 13.0. The molecule has 3 nitrogen and oxygen atoms in total. The number of rotatable bonds is 4. The second kappa shape index (κ2) is 5.48. The van der Waals surface area contributed by atoms with Crippen LogP contribution in [0, 0.1) is 5.41 Å². The number of anilines is 1. The van der Waals surface area contributed by atoms with Crippen LogP contribution in [-0.4, -0.2) is 10.2 Å². The molecule has 1 aromatic heterocycles. The minimum atomic E-state index is 0.262. The Kier molecular flexibility index (Phi) is 3.97. The van der Waals surface area contributed by atoms with Crippen LogP contribution in [0.5, 0.6) is 0 Å². The largest absolute Gasteiger partial charge is 0.353 e. The minimum Gasteiger partial charge on any atom is -0.353 e. The number of nitrogens with zero attached hydrogens (tertiary/aromatic N) is 2. The molecular weight excluding hydrogens is 242 g/mol. The molecule has 0 bridgehead atoms. The fourth-order valence-corrected chi connectivity index (χ4v) is 2.43. The van der Waals surface area contributed by atoms with Crippen LogP contribution in [0.1, 0.15) is 38.8 Å². The summed E-state index contributed by atoms with van der Waals surface area (Å²) >= 11 is 1.54. The molecule has 1 unspecified atom stereocenters. The summed E-state index contributed by atoms with van der Waals surface area (Å²) in [5, 5.41) is 12.3. The first kappa shape index (κ1) is 13.0. The van der Waals surface area contributed by atoms with Gasteiger partial charge in [0.05, 0.1) is 6.04 Å². The summed E-state index contributed by atoms with van der Waals surface area (Å²) in [5.41, 5.74) is 3.31. The van der Waals surface area contributed by atoms with Crippen LogP contribution < -0.4 is 5.32 Å². The highest BCUT2D eigenvalue weighted by Gasteiger charge is 2.20. The number of aromatic nitrogens is 2. The van der Waals surface area contributed by atoms with Gasteiger partial charge in [0.15, 0.2) is 0 Å². The zero-order valence-electron chi connectivity index (χ0n) is 11.1. The summed E-state index contributed by atoms with van der Waals surface area (Å²) in [6.45, 7) is 6.76. The highest BCUT2D eigenvalue weighted by Crippen LogP contribution is 2.32. The molecule has 0 amide bonds. The van der Waals surface area contributed by atoms with E-state index in [2.05, 4.69) is 60.6 Å². The van der Waals surface area contributed by atoms with Crippen molar-refractivity contribution in [3.63, 3.8) is 0 Å². The summed E-state index contributed by atoms with van der Waals surface area (Å²) in [6.07, 6.45) is 1.05. The molecule has 0 aliphatic rings. The van der Waals surface area contributed by atoms with E-state index in [-0.39, 0.29) is 11.5 Å². The molecule has 0 spiro atoms. The topological polar surface area (TPSA) is 37.8 Å². The van der Waals surface area contributed by atoms with Crippen molar-refractivity contribution in [2.45, 2.75) is 33.2 Å². The summed E-state index contributed by atoms with van der Waals surface area (Å²) in [6, 6.07) is 10.8. The molecule has 0 fully saturated rings. The van der Waals surface area contributed by atoms with Crippen LogP contribution >= 0.6 is 11.3 Å².